The third-order valence-corrected chi connectivity index (χ3v) is 3.73. The van der Waals surface area contributed by atoms with E-state index in [-0.39, 0.29) is 0 Å². The molecule has 0 saturated heterocycles. The summed E-state index contributed by atoms with van der Waals surface area (Å²) in [5, 5.41) is 0. The molecule has 0 spiro atoms. The summed E-state index contributed by atoms with van der Waals surface area (Å²) in [6.07, 6.45) is 1.02. The molecule has 1 unspecified atom stereocenters. The zero-order valence-corrected chi connectivity index (χ0v) is 10.1. The SMILES string of the molecule is CCc1cccc(N(C)P(C)N=[N+]=[N-])c1. The van der Waals surface area contributed by atoms with E-state index in [4.69, 9.17) is 5.53 Å². The first-order valence-electron chi connectivity index (χ1n) is 4.80. The van der Waals surface area contributed by atoms with E-state index < -0.39 is 8.22 Å². The van der Waals surface area contributed by atoms with Crippen molar-refractivity contribution in [1.29, 1.82) is 0 Å². The van der Waals surface area contributed by atoms with E-state index >= 15 is 0 Å². The predicted octanol–water partition coefficient (Wildman–Crippen LogP) is 3.94. The van der Waals surface area contributed by atoms with Crippen LogP contribution in [0.15, 0.2) is 29.2 Å². The monoisotopic (exact) mass is 222 g/mol. The van der Waals surface area contributed by atoms with Crippen LogP contribution >= 0.6 is 8.22 Å². The van der Waals surface area contributed by atoms with E-state index in [1.54, 1.807) is 0 Å². The van der Waals surface area contributed by atoms with Crippen LogP contribution in [0.5, 0.6) is 0 Å². The Kier molecular flexibility index (Phi) is 4.41. The van der Waals surface area contributed by atoms with Gasteiger partial charge in [0.2, 0.25) is 0 Å². The lowest BCUT2D eigenvalue weighted by molar-refractivity contribution is 1.13. The molecule has 1 aromatic rings. The normalized spacial score (nSPS) is 11.7. The predicted molar refractivity (Wildman–Crippen MR) is 66.2 cm³/mol. The van der Waals surface area contributed by atoms with Gasteiger partial charge in [0.1, 0.15) is 0 Å². The van der Waals surface area contributed by atoms with Gasteiger partial charge in [-0.05, 0) is 36.3 Å². The third-order valence-electron chi connectivity index (χ3n) is 2.30. The van der Waals surface area contributed by atoms with Crippen LogP contribution in [-0.4, -0.2) is 13.7 Å². The lowest BCUT2D eigenvalue weighted by atomic mass is 10.1. The lowest BCUT2D eigenvalue weighted by Crippen LogP contribution is -2.07. The summed E-state index contributed by atoms with van der Waals surface area (Å²) in [4.78, 5) is 6.56. The smallest absolute Gasteiger partial charge is 0.0808 e. The largest absolute Gasteiger partial charge is 0.348 e. The van der Waals surface area contributed by atoms with Gasteiger partial charge in [0.25, 0.3) is 0 Å². The molecule has 0 aliphatic heterocycles. The second-order valence-corrected chi connectivity index (χ2v) is 4.97. The fraction of sp³-hybridized carbons (Fsp3) is 0.400. The fourth-order valence-electron chi connectivity index (χ4n) is 1.26. The van der Waals surface area contributed by atoms with Crippen molar-refractivity contribution in [1.82, 2.24) is 0 Å². The Morgan fingerprint density at radius 2 is 2.27 bits per heavy atom. The summed E-state index contributed by atoms with van der Waals surface area (Å²) in [7, 11) is 1.16. The van der Waals surface area contributed by atoms with Crippen LogP contribution in [0.1, 0.15) is 12.5 Å². The summed E-state index contributed by atoms with van der Waals surface area (Å²) < 4.78 is 2.02. The van der Waals surface area contributed by atoms with Crippen molar-refractivity contribution in [2.24, 2.45) is 4.88 Å². The Morgan fingerprint density at radius 1 is 1.53 bits per heavy atom. The quantitative estimate of drug-likeness (QED) is 0.329. The standard InChI is InChI=1S/C10H15N4P/c1-4-9-6-5-7-10(8-9)14(2)15(3)13-12-11/h5-8H,4H2,1-3H3. The Balaban J connectivity index is 2.89. The molecule has 80 valence electrons. The van der Waals surface area contributed by atoms with Crippen molar-refractivity contribution in [3.05, 3.63) is 40.3 Å². The van der Waals surface area contributed by atoms with Crippen molar-refractivity contribution in [3.63, 3.8) is 0 Å². The fourth-order valence-corrected chi connectivity index (χ4v) is 1.96. The van der Waals surface area contributed by atoms with Gasteiger partial charge in [0, 0.05) is 17.6 Å². The summed E-state index contributed by atoms with van der Waals surface area (Å²) in [6.45, 7) is 4.06. The molecule has 0 heterocycles. The van der Waals surface area contributed by atoms with E-state index in [9.17, 15) is 0 Å². The van der Waals surface area contributed by atoms with Crippen LogP contribution in [0.3, 0.4) is 0 Å². The Bertz CT molecular complexity index is 373. The summed E-state index contributed by atoms with van der Waals surface area (Å²) in [6, 6.07) is 8.30. The maximum Gasteiger partial charge on any atom is 0.0808 e. The van der Waals surface area contributed by atoms with Crippen molar-refractivity contribution in [2.45, 2.75) is 13.3 Å². The van der Waals surface area contributed by atoms with Gasteiger partial charge < -0.3 is 4.67 Å². The highest BCUT2D eigenvalue weighted by Crippen LogP contribution is 2.40. The average Bonchev–Trinajstić information content (AvgIpc) is 2.28. The van der Waals surface area contributed by atoms with Gasteiger partial charge in [-0.2, -0.15) is 0 Å². The molecule has 15 heavy (non-hydrogen) atoms. The van der Waals surface area contributed by atoms with Gasteiger partial charge in [-0.25, -0.2) is 0 Å². The molecule has 0 aliphatic carbocycles. The van der Waals surface area contributed by atoms with E-state index in [1.807, 2.05) is 30.5 Å². The number of azide groups is 1. The topological polar surface area (TPSA) is 52.0 Å². The Labute approximate surface area is 91.4 Å². The number of rotatable bonds is 4. The van der Waals surface area contributed by atoms with Crippen LogP contribution in [0.2, 0.25) is 0 Å². The molecule has 0 amide bonds. The number of hydrogen-bond acceptors (Lipinski definition) is 2. The molecule has 4 nitrogen and oxygen atoms in total. The molecule has 0 aliphatic rings. The molecule has 1 aromatic carbocycles. The molecular weight excluding hydrogens is 207 g/mol. The first kappa shape index (κ1) is 11.8. The zero-order chi connectivity index (χ0) is 11.3. The maximum atomic E-state index is 8.38. The minimum atomic E-state index is -0.794. The van der Waals surface area contributed by atoms with Gasteiger partial charge in [-0.1, -0.05) is 23.9 Å². The van der Waals surface area contributed by atoms with Gasteiger partial charge in [0.05, 0.1) is 8.22 Å². The first-order chi connectivity index (χ1) is 7.19. The van der Waals surface area contributed by atoms with Crippen LogP contribution in [-0.2, 0) is 6.42 Å². The average molecular weight is 222 g/mol. The molecule has 0 N–H and O–H groups in total. The molecule has 0 fully saturated rings. The summed E-state index contributed by atoms with van der Waals surface area (Å²) >= 11 is 0. The number of nitrogens with zero attached hydrogens (tertiary/aromatic N) is 4. The minimum absolute atomic E-state index is 0.794. The maximum absolute atomic E-state index is 8.38. The molecule has 1 rings (SSSR count). The van der Waals surface area contributed by atoms with E-state index in [0.29, 0.717) is 0 Å². The second kappa shape index (κ2) is 5.59. The Morgan fingerprint density at radius 3 is 2.87 bits per heavy atom. The molecule has 0 saturated carbocycles. The lowest BCUT2D eigenvalue weighted by Gasteiger charge is -2.23. The zero-order valence-electron chi connectivity index (χ0n) is 9.25. The second-order valence-electron chi connectivity index (χ2n) is 3.22. The molecule has 0 radical (unpaired) electrons. The highest BCUT2D eigenvalue weighted by molar-refractivity contribution is 7.56. The van der Waals surface area contributed by atoms with E-state index in [1.165, 1.54) is 5.56 Å². The van der Waals surface area contributed by atoms with Gasteiger partial charge in [-0.3, -0.25) is 0 Å². The van der Waals surface area contributed by atoms with E-state index in [0.717, 1.165) is 12.1 Å². The Hall–Kier alpha value is -1.24. The van der Waals surface area contributed by atoms with Crippen molar-refractivity contribution < 1.29 is 0 Å². The number of benzene rings is 1. The molecule has 0 aromatic heterocycles. The van der Waals surface area contributed by atoms with Crippen LogP contribution in [0.4, 0.5) is 5.69 Å². The van der Waals surface area contributed by atoms with Crippen LogP contribution in [0, 0.1) is 0 Å². The summed E-state index contributed by atoms with van der Waals surface area (Å²) in [5.74, 6) is 0. The van der Waals surface area contributed by atoms with Gasteiger partial charge in [-0.15, -0.1) is 0 Å². The van der Waals surface area contributed by atoms with E-state index in [2.05, 4.69) is 28.9 Å². The highest BCUT2D eigenvalue weighted by Gasteiger charge is 2.07. The number of hydrogen-bond donors (Lipinski definition) is 0. The van der Waals surface area contributed by atoms with Crippen molar-refractivity contribution >= 4 is 13.9 Å². The number of aryl methyl sites for hydroxylation is 1. The highest BCUT2D eigenvalue weighted by atomic mass is 31.1. The van der Waals surface area contributed by atoms with Crippen molar-refractivity contribution in [2.75, 3.05) is 18.4 Å². The molecule has 1 atom stereocenters. The summed E-state index contributed by atoms with van der Waals surface area (Å²) in [5.41, 5.74) is 10.8. The number of anilines is 1. The molecular formula is C10H15N4P. The van der Waals surface area contributed by atoms with Gasteiger partial charge >= 0.3 is 0 Å². The van der Waals surface area contributed by atoms with Crippen LogP contribution < -0.4 is 4.67 Å². The van der Waals surface area contributed by atoms with Crippen molar-refractivity contribution in [3.8, 4) is 0 Å². The molecule has 0 bridgehead atoms. The van der Waals surface area contributed by atoms with Gasteiger partial charge in [0.15, 0.2) is 0 Å². The third kappa shape index (κ3) is 3.12. The van der Waals surface area contributed by atoms with Crippen LogP contribution in [0.25, 0.3) is 10.4 Å². The minimum Gasteiger partial charge on any atom is -0.348 e. The molecule has 5 heteroatoms. The first-order valence-corrected chi connectivity index (χ1v) is 6.49.